The number of carbonyl (C=O) groups is 1. The third kappa shape index (κ3) is 4.79. The van der Waals surface area contributed by atoms with Crippen LogP contribution in [-0.2, 0) is 11.3 Å². The Kier molecular flexibility index (Phi) is 6.15. The van der Waals surface area contributed by atoms with Crippen molar-refractivity contribution in [3.05, 3.63) is 46.6 Å². The van der Waals surface area contributed by atoms with Crippen LogP contribution in [0.4, 0.5) is 0 Å². The predicted octanol–water partition coefficient (Wildman–Crippen LogP) is 4.98. The zero-order valence-corrected chi connectivity index (χ0v) is 18.0. The normalized spacial score (nSPS) is 14.1. The number of hydrogen-bond acceptors (Lipinski definition) is 8. The summed E-state index contributed by atoms with van der Waals surface area (Å²) in [6.45, 7) is 4.30. The van der Waals surface area contributed by atoms with Crippen LogP contribution >= 0.6 is 23.1 Å². The minimum absolute atomic E-state index is 0.00381. The van der Waals surface area contributed by atoms with Gasteiger partial charge in [-0.25, -0.2) is 4.98 Å². The average Bonchev–Trinajstić information content (AvgIpc) is 3.46. The van der Waals surface area contributed by atoms with Crippen molar-refractivity contribution in [2.24, 2.45) is 0 Å². The highest BCUT2D eigenvalue weighted by atomic mass is 32.2. The quantitative estimate of drug-likeness (QED) is 0.489. The summed E-state index contributed by atoms with van der Waals surface area (Å²) < 4.78 is 11.2. The van der Waals surface area contributed by atoms with Crippen LogP contribution in [-0.4, -0.2) is 31.7 Å². The fraction of sp³-hybridized carbons (Fsp3) is 0.400. The van der Waals surface area contributed by atoms with Gasteiger partial charge < -0.3 is 13.7 Å². The van der Waals surface area contributed by atoms with Gasteiger partial charge in [0.2, 0.25) is 5.91 Å². The molecule has 0 N–H and O–H groups in total. The molecule has 1 amide bonds. The van der Waals surface area contributed by atoms with Gasteiger partial charge in [-0.2, -0.15) is 0 Å². The van der Waals surface area contributed by atoms with Crippen LogP contribution in [0.15, 0.2) is 44.2 Å². The van der Waals surface area contributed by atoms with Crippen LogP contribution in [0.1, 0.15) is 42.1 Å². The standard InChI is InChI=1S/C20H22N4O3S2/c1-13-18(29-14(2)21-13)19-22-23-20(27-19)28-12-17(25)24(11-16-9-6-10-26-16)15-7-4-3-5-8-15/h6-7,9-10H,3-5,8,11-12H2,1-2H3. The Morgan fingerprint density at radius 1 is 1.31 bits per heavy atom. The molecule has 0 aliphatic heterocycles. The number of nitrogens with zero attached hydrogens (tertiary/aromatic N) is 4. The van der Waals surface area contributed by atoms with E-state index in [1.165, 1.54) is 29.5 Å². The van der Waals surface area contributed by atoms with Crippen molar-refractivity contribution in [3.63, 3.8) is 0 Å². The molecule has 0 spiro atoms. The van der Waals surface area contributed by atoms with E-state index in [-0.39, 0.29) is 11.7 Å². The van der Waals surface area contributed by atoms with E-state index in [1.54, 1.807) is 6.26 Å². The maximum Gasteiger partial charge on any atom is 0.277 e. The number of furan rings is 1. The summed E-state index contributed by atoms with van der Waals surface area (Å²) in [5.41, 5.74) is 1.94. The van der Waals surface area contributed by atoms with E-state index in [0.29, 0.717) is 17.7 Å². The van der Waals surface area contributed by atoms with E-state index in [2.05, 4.69) is 21.3 Å². The molecule has 0 saturated heterocycles. The summed E-state index contributed by atoms with van der Waals surface area (Å²) in [6, 6.07) is 3.73. The summed E-state index contributed by atoms with van der Waals surface area (Å²) >= 11 is 2.78. The SMILES string of the molecule is Cc1nc(C)c(-c2nnc(SCC(=O)N(Cc3ccco3)C3=CCCCC3)o2)s1. The molecule has 7 nitrogen and oxygen atoms in total. The molecule has 3 aromatic heterocycles. The Bertz CT molecular complexity index is 1010. The Hall–Kier alpha value is -2.39. The van der Waals surface area contributed by atoms with Gasteiger partial charge >= 0.3 is 0 Å². The van der Waals surface area contributed by atoms with Crippen molar-refractivity contribution in [3.8, 4) is 10.8 Å². The number of thiazole rings is 1. The van der Waals surface area contributed by atoms with E-state index in [9.17, 15) is 4.79 Å². The molecule has 0 atom stereocenters. The molecule has 3 aromatic rings. The molecule has 152 valence electrons. The van der Waals surface area contributed by atoms with Crippen LogP contribution in [0.5, 0.6) is 0 Å². The van der Waals surface area contributed by atoms with Gasteiger partial charge in [-0.1, -0.05) is 17.8 Å². The van der Waals surface area contributed by atoms with Crippen molar-refractivity contribution in [1.82, 2.24) is 20.1 Å². The van der Waals surface area contributed by atoms with E-state index in [0.717, 1.165) is 46.3 Å². The van der Waals surface area contributed by atoms with Gasteiger partial charge in [0.1, 0.15) is 10.6 Å². The first-order chi connectivity index (χ1) is 14.1. The highest BCUT2D eigenvalue weighted by Gasteiger charge is 2.22. The predicted molar refractivity (Wildman–Crippen MR) is 111 cm³/mol. The number of thioether (sulfide) groups is 1. The van der Waals surface area contributed by atoms with Crippen LogP contribution in [0, 0.1) is 13.8 Å². The Balaban J connectivity index is 1.44. The van der Waals surface area contributed by atoms with E-state index >= 15 is 0 Å². The van der Waals surface area contributed by atoms with Gasteiger partial charge in [-0.05, 0) is 51.7 Å². The van der Waals surface area contributed by atoms with E-state index < -0.39 is 0 Å². The van der Waals surface area contributed by atoms with E-state index in [4.69, 9.17) is 8.83 Å². The topological polar surface area (TPSA) is 85.3 Å². The molecule has 0 saturated carbocycles. The molecule has 0 unspecified atom stereocenters. The summed E-state index contributed by atoms with van der Waals surface area (Å²) in [4.78, 5) is 20.1. The average molecular weight is 431 g/mol. The Labute approximate surface area is 177 Å². The van der Waals surface area contributed by atoms with Crippen molar-refractivity contribution in [2.45, 2.75) is 51.3 Å². The molecule has 1 aliphatic carbocycles. The number of allylic oxidation sites excluding steroid dienone is 2. The van der Waals surface area contributed by atoms with Crippen LogP contribution < -0.4 is 0 Å². The van der Waals surface area contributed by atoms with Crippen LogP contribution in [0.2, 0.25) is 0 Å². The maximum absolute atomic E-state index is 13.0. The molecule has 1 aliphatic rings. The monoisotopic (exact) mass is 430 g/mol. The number of aromatic nitrogens is 3. The third-order valence-corrected chi connectivity index (χ3v) is 6.50. The lowest BCUT2D eigenvalue weighted by Gasteiger charge is -2.26. The molecular weight excluding hydrogens is 408 g/mol. The smallest absolute Gasteiger partial charge is 0.277 e. The fourth-order valence-electron chi connectivity index (χ4n) is 3.27. The number of carbonyl (C=O) groups excluding carboxylic acids is 1. The van der Waals surface area contributed by atoms with Crippen molar-refractivity contribution in [1.29, 1.82) is 0 Å². The van der Waals surface area contributed by atoms with Crippen molar-refractivity contribution < 1.29 is 13.6 Å². The summed E-state index contributed by atoms with van der Waals surface area (Å²) in [5.74, 6) is 1.45. The number of amides is 1. The fourth-order valence-corrected chi connectivity index (χ4v) is 4.75. The molecule has 0 fully saturated rings. The lowest BCUT2D eigenvalue weighted by atomic mass is 10.0. The minimum Gasteiger partial charge on any atom is -0.467 e. The summed E-state index contributed by atoms with van der Waals surface area (Å²) in [7, 11) is 0. The molecule has 29 heavy (non-hydrogen) atoms. The van der Waals surface area contributed by atoms with Gasteiger partial charge in [-0.3, -0.25) is 4.79 Å². The van der Waals surface area contributed by atoms with Gasteiger partial charge in [0.25, 0.3) is 11.1 Å². The zero-order chi connectivity index (χ0) is 20.2. The largest absolute Gasteiger partial charge is 0.467 e. The van der Waals surface area contributed by atoms with E-state index in [1.807, 2.05) is 30.9 Å². The summed E-state index contributed by atoms with van der Waals surface area (Å²) in [6.07, 6.45) is 7.97. The third-order valence-electron chi connectivity index (χ3n) is 4.63. The minimum atomic E-state index is 0.00381. The molecule has 0 aromatic carbocycles. The lowest BCUT2D eigenvalue weighted by Crippen LogP contribution is -2.32. The first kappa shape index (κ1) is 19.9. The molecule has 3 heterocycles. The molecule has 9 heteroatoms. The van der Waals surface area contributed by atoms with Gasteiger partial charge in [0.05, 0.1) is 29.3 Å². The van der Waals surface area contributed by atoms with Gasteiger partial charge in [-0.15, -0.1) is 21.5 Å². The highest BCUT2D eigenvalue weighted by Crippen LogP contribution is 2.31. The first-order valence-electron chi connectivity index (χ1n) is 9.52. The Morgan fingerprint density at radius 2 is 2.21 bits per heavy atom. The maximum atomic E-state index is 13.0. The number of aryl methyl sites for hydroxylation is 2. The van der Waals surface area contributed by atoms with Crippen molar-refractivity contribution >= 4 is 29.0 Å². The van der Waals surface area contributed by atoms with Gasteiger partial charge in [0, 0.05) is 5.70 Å². The molecule has 0 bridgehead atoms. The molecular formula is C20H22N4O3S2. The second-order valence-corrected chi connectivity index (χ2v) is 8.94. The summed E-state index contributed by atoms with van der Waals surface area (Å²) in [5, 5.41) is 9.54. The first-order valence-corrected chi connectivity index (χ1v) is 11.3. The number of hydrogen-bond donors (Lipinski definition) is 0. The number of rotatable bonds is 7. The molecule has 0 radical (unpaired) electrons. The highest BCUT2D eigenvalue weighted by molar-refractivity contribution is 7.99. The molecule has 4 rings (SSSR count). The Morgan fingerprint density at radius 3 is 2.90 bits per heavy atom. The second-order valence-electron chi connectivity index (χ2n) is 6.81. The van der Waals surface area contributed by atoms with Crippen LogP contribution in [0.3, 0.4) is 0 Å². The van der Waals surface area contributed by atoms with Crippen LogP contribution in [0.25, 0.3) is 10.8 Å². The zero-order valence-electron chi connectivity index (χ0n) is 16.4. The second kappa shape index (κ2) is 8.96. The van der Waals surface area contributed by atoms with Gasteiger partial charge in [0.15, 0.2) is 0 Å². The van der Waals surface area contributed by atoms with Crippen molar-refractivity contribution in [2.75, 3.05) is 5.75 Å². The lowest BCUT2D eigenvalue weighted by molar-refractivity contribution is -0.127.